The summed E-state index contributed by atoms with van der Waals surface area (Å²) in [5.74, 6) is -0.765. The Morgan fingerprint density at radius 3 is 2.88 bits per heavy atom. The molecule has 0 spiro atoms. The molecule has 0 aromatic carbocycles. The Bertz CT molecular complexity index is 572. The summed E-state index contributed by atoms with van der Waals surface area (Å²) < 4.78 is 1.67. The number of carboxylic acid groups (broad SMARTS) is 1. The molecule has 0 saturated heterocycles. The number of aromatic nitrogens is 2. The van der Waals surface area contributed by atoms with Crippen molar-refractivity contribution in [1.82, 2.24) is 9.38 Å². The van der Waals surface area contributed by atoms with E-state index in [1.165, 1.54) is 0 Å². The van der Waals surface area contributed by atoms with Crippen molar-refractivity contribution in [2.24, 2.45) is 0 Å². The maximum absolute atomic E-state index is 11.4. The van der Waals surface area contributed by atoms with Gasteiger partial charge < -0.3 is 5.11 Å². The van der Waals surface area contributed by atoms with Gasteiger partial charge in [0.2, 0.25) is 0 Å². The molecule has 2 aromatic rings. The predicted molar refractivity (Wildman–Crippen MR) is 65.6 cm³/mol. The average molecular weight is 232 g/mol. The van der Waals surface area contributed by atoms with Gasteiger partial charge in [-0.05, 0) is 25.0 Å². The average Bonchev–Trinajstić information content (AvgIpc) is 2.68. The van der Waals surface area contributed by atoms with Crippen LogP contribution >= 0.6 is 0 Å². The van der Waals surface area contributed by atoms with E-state index in [0.717, 1.165) is 17.6 Å². The summed E-state index contributed by atoms with van der Waals surface area (Å²) in [4.78, 5) is 15.9. The molecular formula is C13H16N2O2. The highest BCUT2D eigenvalue weighted by Gasteiger charge is 2.22. The van der Waals surface area contributed by atoms with Crippen LogP contribution in [-0.4, -0.2) is 20.5 Å². The van der Waals surface area contributed by atoms with Crippen molar-refractivity contribution in [3.05, 3.63) is 35.3 Å². The molecule has 0 amide bonds. The van der Waals surface area contributed by atoms with Crippen molar-refractivity contribution >= 4 is 11.6 Å². The summed E-state index contributed by atoms with van der Waals surface area (Å²) in [5.41, 5.74) is 2.69. The molecule has 90 valence electrons. The van der Waals surface area contributed by atoms with Gasteiger partial charge in [0, 0.05) is 12.1 Å². The lowest BCUT2D eigenvalue weighted by Gasteiger charge is -2.05. The maximum Gasteiger partial charge on any atom is 0.354 e. The van der Waals surface area contributed by atoms with Crippen molar-refractivity contribution in [3.63, 3.8) is 0 Å². The first kappa shape index (κ1) is 11.6. The summed E-state index contributed by atoms with van der Waals surface area (Å²) in [6.07, 6.45) is 2.63. The van der Waals surface area contributed by atoms with Gasteiger partial charge in [-0.25, -0.2) is 9.78 Å². The number of fused-ring (bicyclic) bond motifs is 1. The minimum Gasteiger partial charge on any atom is -0.477 e. The van der Waals surface area contributed by atoms with E-state index in [2.05, 4.69) is 4.98 Å². The number of aryl methyl sites for hydroxylation is 1. The van der Waals surface area contributed by atoms with Crippen molar-refractivity contribution in [1.29, 1.82) is 0 Å². The number of imidazole rings is 1. The quantitative estimate of drug-likeness (QED) is 0.885. The largest absolute Gasteiger partial charge is 0.477 e. The molecule has 0 radical (unpaired) electrons. The second kappa shape index (κ2) is 4.20. The molecular weight excluding hydrogens is 216 g/mol. The normalized spacial score (nSPS) is 12.9. The van der Waals surface area contributed by atoms with Crippen LogP contribution in [0.2, 0.25) is 0 Å². The van der Waals surface area contributed by atoms with Crippen molar-refractivity contribution in [3.8, 4) is 0 Å². The molecule has 0 bridgehead atoms. The number of rotatable bonds is 3. The number of pyridine rings is 1. The molecule has 0 aliphatic rings. The third-order valence-corrected chi connectivity index (χ3v) is 3.15. The number of aromatic carboxylic acids is 1. The minimum atomic E-state index is -0.918. The second-order valence-corrected chi connectivity index (χ2v) is 4.34. The molecule has 1 unspecified atom stereocenters. The second-order valence-electron chi connectivity index (χ2n) is 4.34. The number of hydrogen-bond donors (Lipinski definition) is 1. The Morgan fingerprint density at radius 1 is 1.59 bits per heavy atom. The van der Waals surface area contributed by atoms with Gasteiger partial charge in [-0.3, -0.25) is 4.40 Å². The topological polar surface area (TPSA) is 54.6 Å². The van der Waals surface area contributed by atoms with E-state index in [0.29, 0.717) is 5.69 Å². The van der Waals surface area contributed by atoms with Crippen LogP contribution in [0, 0.1) is 6.92 Å². The van der Waals surface area contributed by atoms with Crippen molar-refractivity contribution < 1.29 is 9.90 Å². The number of hydrogen-bond acceptors (Lipinski definition) is 2. The van der Waals surface area contributed by atoms with Crippen LogP contribution in [0.25, 0.3) is 5.65 Å². The van der Waals surface area contributed by atoms with E-state index in [9.17, 15) is 9.90 Å². The first-order valence-electron chi connectivity index (χ1n) is 5.77. The van der Waals surface area contributed by atoms with Crippen LogP contribution in [0.15, 0.2) is 18.3 Å². The fraction of sp³-hybridized carbons (Fsp3) is 0.385. The van der Waals surface area contributed by atoms with Crippen LogP contribution in [0.3, 0.4) is 0 Å². The molecule has 0 aliphatic carbocycles. The molecule has 4 nitrogen and oxygen atoms in total. The van der Waals surface area contributed by atoms with Crippen LogP contribution in [0.1, 0.15) is 47.9 Å². The molecule has 1 atom stereocenters. The Morgan fingerprint density at radius 2 is 2.29 bits per heavy atom. The van der Waals surface area contributed by atoms with Crippen LogP contribution in [0.4, 0.5) is 0 Å². The monoisotopic (exact) mass is 232 g/mol. The lowest BCUT2D eigenvalue weighted by molar-refractivity contribution is 0.0687. The van der Waals surface area contributed by atoms with Gasteiger partial charge in [-0.15, -0.1) is 0 Å². The lowest BCUT2D eigenvalue weighted by atomic mass is 10.0. The van der Waals surface area contributed by atoms with E-state index in [-0.39, 0.29) is 11.6 Å². The molecule has 0 fully saturated rings. The lowest BCUT2D eigenvalue weighted by Crippen LogP contribution is -2.07. The molecule has 0 aliphatic heterocycles. The van der Waals surface area contributed by atoms with E-state index in [4.69, 9.17) is 0 Å². The zero-order chi connectivity index (χ0) is 12.6. The molecule has 2 heterocycles. The summed E-state index contributed by atoms with van der Waals surface area (Å²) in [6, 6.07) is 3.78. The van der Waals surface area contributed by atoms with Gasteiger partial charge in [0.25, 0.3) is 0 Å². The smallest absolute Gasteiger partial charge is 0.354 e. The van der Waals surface area contributed by atoms with Crippen LogP contribution in [0.5, 0.6) is 0 Å². The van der Waals surface area contributed by atoms with Gasteiger partial charge in [0.15, 0.2) is 5.69 Å². The van der Waals surface area contributed by atoms with Crippen molar-refractivity contribution in [2.45, 2.75) is 33.1 Å². The Labute approximate surface area is 99.9 Å². The number of nitrogens with zero attached hydrogens (tertiary/aromatic N) is 2. The first-order valence-corrected chi connectivity index (χ1v) is 5.77. The van der Waals surface area contributed by atoms with Gasteiger partial charge in [-0.2, -0.15) is 0 Å². The highest BCUT2D eigenvalue weighted by Crippen LogP contribution is 2.24. The maximum atomic E-state index is 11.4. The van der Waals surface area contributed by atoms with E-state index in [1.54, 1.807) is 10.6 Å². The standard InChI is InChI=1S/C13H16N2O2/c1-4-8(2)10-11(13(16)17)15-7-5-6-9(3)12(15)14-10/h5-8H,4H2,1-3H3,(H,16,17). The zero-order valence-electron chi connectivity index (χ0n) is 10.3. The number of carbonyl (C=O) groups is 1. The van der Waals surface area contributed by atoms with E-state index >= 15 is 0 Å². The predicted octanol–water partition coefficient (Wildman–Crippen LogP) is 2.85. The Kier molecular flexibility index (Phi) is 2.88. The van der Waals surface area contributed by atoms with Crippen LogP contribution < -0.4 is 0 Å². The van der Waals surface area contributed by atoms with Crippen molar-refractivity contribution in [2.75, 3.05) is 0 Å². The summed E-state index contributed by atoms with van der Waals surface area (Å²) >= 11 is 0. The third-order valence-electron chi connectivity index (χ3n) is 3.15. The molecule has 2 aromatic heterocycles. The van der Waals surface area contributed by atoms with Gasteiger partial charge in [0.1, 0.15) is 5.65 Å². The SMILES string of the molecule is CCC(C)c1nc2c(C)cccn2c1C(=O)O. The Balaban J connectivity index is 2.79. The van der Waals surface area contributed by atoms with Crippen LogP contribution in [-0.2, 0) is 0 Å². The minimum absolute atomic E-state index is 0.153. The summed E-state index contributed by atoms with van der Waals surface area (Å²) in [7, 11) is 0. The highest BCUT2D eigenvalue weighted by atomic mass is 16.4. The summed E-state index contributed by atoms with van der Waals surface area (Å²) in [5, 5.41) is 9.33. The molecule has 1 N–H and O–H groups in total. The fourth-order valence-electron chi connectivity index (χ4n) is 1.97. The van der Waals surface area contributed by atoms with Gasteiger partial charge in [-0.1, -0.05) is 19.9 Å². The van der Waals surface area contributed by atoms with Gasteiger partial charge in [0.05, 0.1) is 5.69 Å². The third kappa shape index (κ3) is 1.79. The molecule has 17 heavy (non-hydrogen) atoms. The van der Waals surface area contributed by atoms with E-state index < -0.39 is 5.97 Å². The Hall–Kier alpha value is -1.84. The molecule has 4 heteroatoms. The van der Waals surface area contributed by atoms with Gasteiger partial charge >= 0.3 is 5.97 Å². The number of carboxylic acids is 1. The first-order chi connectivity index (χ1) is 8.06. The zero-order valence-corrected chi connectivity index (χ0v) is 10.3. The van der Waals surface area contributed by atoms with E-state index in [1.807, 2.05) is 32.9 Å². The molecule has 2 rings (SSSR count). The fourth-order valence-corrected chi connectivity index (χ4v) is 1.97. The highest BCUT2D eigenvalue weighted by molar-refractivity contribution is 5.88. The molecule has 0 saturated carbocycles. The summed E-state index contributed by atoms with van der Waals surface area (Å²) in [6.45, 7) is 5.98.